The molecule has 0 amide bonds. The van der Waals surface area contributed by atoms with Crippen molar-refractivity contribution in [3.63, 3.8) is 0 Å². The van der Waals surface area contributed by atoms with Gasteiger partial charge in [-0.25, -0.2) is 4.79 Å². The number of aliphatic hydroxyl groups is 2. The number of aliphatic hydroxyl groups excluding tert-OH is 2. The van der Waals surface area contributed by atoms with Gasteiger partial charge in [0.05, 0.1) is 5.97 Å². The first-order valence-corrected chi connectivity index (χ1v) is 2.26. The third kappa shape index (κ3) is 6.79. The van der Waals surface area contributed by atoms with Crippen LogP contribution in [0, 0.1) is 0 Å². The van der Waals surface area contributed by atoms with Gasteiger partial charge in [-0.1, -0.05) is 0 Å². The van der Waals surface area contributed by atoms with E-state index in [-0.39, 0.29) is 75.8 Å². The monoisotopic (exact) mass is 309 g/mol. The fraction of sp³-hybridized carbons (Fsp3) is 0.500. The van der Waals surface area contributed by atoms with Crippen LogP contribution in [-0.4, -0.2) is 63.9 Å². The summed E-state index contributed by atoms with van der Waals surface area (Å²) in [5.41, 5.74) is 0. The van der Waals surface area contributed by atoms with E-state index in [2.05, 4.69) is 0 Å². The number of carbonyl (C=O) groups is 2. The average molecular weight is 310 g/mol. The van der Waals surface area contributed by atoms with Gasteiger partial charge in [-0.3, -0.25) is 0 Å². The van der Waals surface area contributed by atoms with Crippen molar-refractivity contribution in [2.24, 2.45) is 0 Å². The summed E-state index contributed by atoms with van der Waals surface area (Å²) in [4.78, 5) is 19.4. The van der Waals surface area contributed by atoms with Crippen molar-refractivity contribution in [1.82, 2.24) is 0 Å². The summed E-state index contributed by atoms with van der Waals surface area (Å²) < 4.78 is 0. The maximum absolute atomic E-state index is 9.74. The Morgan fingerprint density at radius 1 is 1.17 bits per heavy atom. The predicted octanol–water partition coefficient (Wildman–Crippen LogP) is -6.83. The quantitative estimate of drug-likeness (QED) is 0.446. The predicted molar refractivity (Wildman–Crippen MR) is 30.4 cm³/mol. The van der Waals surface area contributed by atoms with Gasteiger partial charge in [-0.05, 0) is 0 Å². The van der Waals surface area contributed by atoms with E-state index >= 15 is 0 Å². The second kappa shape index (κ2) is 8.89. The molecule has 6 nitrogen and oxygen atoms in total. The van der Waals surface area contributed by atoms with Crippen LogP contribution in [0.4, 0.5) is 0 Å². The minimum absolute atomic E-state index is 0. The number of carboxylic acid groups (broad SMARTS) is 2. The smallest absolute Gasteiger partial charge is 0.547 e. The van der Waals surface area contributed by atoms with Crippen LogP contribution in [0.25, 0.3) is 0 Å². The number of hydrogen-bond donors (Lipinski definition) is 3. The second-order valence-corrected chi connectivity index (χ2v) is 1.55. The summed E-state index contributed by atoms with van der Waals surface area (Å²) >= 11 is 0. The zero-order chi connectivity index (χ0) is 8.31. The molecule has 0 aromatic carbocycles. The molecular formula is C4H5KO6Sb. The van der Waals surface area contributed by atoms with E-state index < -0.39 is 24.1 Å². The SMILES string of the molecule is O=C([O-])C(O)C(O)C(=O)O.[K+].[Sb]. The summed E-state index contributed by atoms with van der Waals surface area (Å²) in [5, 5.41) is 34.1. The van der Waals surface area contributed by atoms with Crippen LogP contribution in [0.1, 0.15) is 0 Å². The molecule has 3 radical (unpaired) electrons. The van der Waals surface area contributed by atoms with Gasteiger partial charge in [-0.2, -0.15) is 0 Å². The van der Waals surface area contributed by atoms with Gasteiger partial charge >= 0.3 is 57.4 Å². The van der Waals surface area contributed by atoms with Crippen LogP contribution in [-0.2, 0) is 9.59 Å². The third-order valence-corrected chi connectivity index (χ3v) is 0.794. The van der Waals surface area contributed by atoms with Crippen molar-refractivity contribution < 1.29 is 81.4 Å². The first kappa shape index (κ1) is 19.0. The molecule has 0 aliphatic heterocycles. The molecule has 0 aromatic heterocycles. The zero-order valence-corrected chi connectivity index (χ0v) is 11.8. The Bertz CT molecular complexity index is 144. The van der Waals surface area contributed by atoms with E-state index in [0.717, 1.165) is 0 Å². The van der Waals surface area contributed by atoms with E-state index in [0.29, 0.717) is 0 Å². The molecule has 2 atom stereocenters. The Morgan fingerprint density at radius 2 is 1.50 bits per heavy atom. The summed E-state index contributed by atoms with van der Waals surface area (Å²) in [7, 11) is 0. The topological polar surface area (TPSA) is 118 Å². The zero-order valence-electron chi connectivity index (χ0n) is 6.17. The molecule has 0 bridgehead atoms. The van der Waals surface area contributed by atoms with Gasteiger partial charge < -0.3 is 25.2 Å². The summed E-state index contributed by atoms with van der Waals surface area (Å²) in [5.74, 6) is -3.83. The van der Waals surface area contributed by atoms with E-state index in [1.54, 1.807) is 0 Å². The molecule has 0 aliphatic carbocycles. The fourth-order valence-electron chi connectivity index (χ4n) is 0.264. The molecule has 63 valence electrons. The third-order valence-electron chi connectivity index (χ3n) is 0.794. The van der Waals surface area contributed by atoms with Crippen molar-refractivity contribution >= 4 is 36.4 Å². The van der Waals surface area contributed by atoms with Gasteiger partial charge in [0.2, 0.25) is 0 Å². The summed E-state index contributed by atoms with van der Waals surface area (Å²) in [6.07, 6.45) is -4.71. The molecule has 0 fully saturated rings. The molecule has 0 saturated heterocycles. The Hall–Kier alpha value is 1.31. The maximum atomic E-state index is 9.74. The van der Waals surface area contributed by atoms with Crippen molar-refractivity contribution in [3.8, 4) is 0 Å². The minimum atomic E-state index is -2.38. The Labute approximate surface area is 128 Å². The first-order chi connectivity index (χ1) is 4.46. The van der Waals surface area contributed by atoms with E-state index in [9.17, 15) is 14.7 Å². The molecule has 3 N–H and O–H groups in total. The molecule has 0 aliphatic rings. The van der Waals surface area contributed by atoms with Crippen molar-refractivity contribution in [1.29, 1.82) is 0 Å². The van der Waals surface area contributed by atoms with Gasteiger partial charge in [-0.15, -0.1) is 0 Å². The van der Waals surface area contributed by atoms with Crippen LogP contribution < -0.4 is 56.5 Å². The molecule has 2 unspecified atom stereocenters. The molecule has 0 heterocycles. The maximum Gasteiger partial charge on any atom is 1.00 e. The van der Waals surface area contributed by atoms with Crippen molar-refractivity contribution in [3.05, 3.63) is 0 Å². The average Bonchev–Trinajstić information content (AvgIpc) is 1.84. The molecule has 0 saturated carbocycles. The van der Waals surface area contributed by atoms with Gasteiger partial charge in [0, 0.05) is 24.4 Å². The molecule has 0 aromatic rings. The van der Waals surface area contributed by atoms with Gasteiger partial charge in [0.1, 0.15) is 6.10 Å². The Kier molecular flexibility index (Phi) is 14.1. The number of aliphatic carboxylic acids is 2. The number of hydrogen-bond acceptors (Lipinski definition) is 5. The van der Waals surface area contributed by atoms with Crippen LogP contribution >= 0.6 is 0 Å². The van der Waals surface area contributed by atoms with Crippen LogP contribution in [0.3, 0.4) is 0 Å². The van der Waals surface area contributed by atoms with Crippen LogP contribution in [0.15, 0.2) is 0 Å². The van der Waals surface area contributed by atoms with Crippen molar-refractivity contribution in [2.75, 3.05) is 0 Å². The molecule has 0 spiro atoms. The van der Waals surface area contributed by atoms with Gasteiger partial charge in [0.25, 0.3) is 0 Å². The van der Waals surface area contributed by atoms with E-state index in [1.807, 2.05) is 0 Å². The van der Waals surface area contributed by atoms with E-state index in [1.165, 1.54) is 0 Å². The van der Waals surface area contributed by atoms with Crippen molar-refractivity contribution in [2.45, 2.75) is 12.2 Å². The Morgan fingerprint density at radius 3 is 1.58 bits per heavy atom. The Balaban J connectivity index is -0.000000405. The molecule has 12 heavy (non-hydrogen) atoms. The second-order valence-electron chi connectivity index (χ2n) is 1.55. The molecule has 0 rings (SSSR count). The normalized spacial score (nSPS) is 13.2. The van der Waals surface area contributed by atoms with E-state index in [4.69, 9.17) is 15.3 Å². The minimum Gasteiger partial charge on any atom is -0.547 e. The summed E-state index contributed by atoms with van der Waals surface area (Å²) in [6, 6.07) is 0. The molecular weight excluding hydrogens is 305 g/mol. The summed E-state index contributed by atoms with van der Waals surface area (Å²) in [6.45, 7) is 0. The number of rotatable bonds is 3. The van der Waals surface area contributed by atoms with Crippen LogP contribution in [0.2, 0.25) is 0 Å². The standard InChI is InChI=1S/C4H6O6.K.Sb/c5-1(3(7)8)2(6)4(9)10;;/h1-2,5-6H,(H,7,8)(H,9,10);;/q;+1;/p-1. The first-order valence-electron chi connectivity index (χ1n) is 2.26. The van der Waals surface area contributed by atoms with Gasteiger partial charge in [0.15, 0.2) is 6.10 Å². The van der Waals surface area contributed by atoms with Crippen LogP contribution in [0.5, 0.6) is 0 Å². The molecule has 8 heteroatoms. The number of carboxylic acids is 2. The number of carbonyl (C=O) groups excluding carboxylic acids is 1. The largest absolute Gasteiger partial charge is 1.00 e. The fourth-order valence-corrected chi connectivity index (χ4v) is 0.264.